The summed E-state index contributed by atoms with van der Waals surface area (Å²) in [6, 6.07) is 7.61. The molecule has 0 aliphatic heterocycles. The molecule has 1 atom stereocenters. The van der Waals surface area contributed by atoms with Gasteiger partial charge in [0.2, 0.25) is 0 Å². The second-order valence-corrected chi connectivity index (χ2v) is 4.54. The quantitative estimate of drug-likeness (QED) is 0.593. The first-order chi connectivity index (χ1) is 9.11. The Bertz CT molecular complexity index is 576. The van der Waals surface area contributed by atoms with Crippen LogP contribution in [0.4, 0.5) is 10.2 Å². The van der Waals surface area contributed by atoms with Crippen LogP contribution in [0.1, 0.15) is 17.2 Å². The number of rotatable bonds is 4. The molecule has 2 rings (SSSR count). The molecule has 0 saturated carbocycles. The Kier molecular flexibility index (Phi) is 4.31. The Labute approximate surface area is 115 Å². The van der Waals surface area contributed by atoms with E-state index in [1.807, 2.05) is 6.07 Å². The summed E-state index contributed by atoms with van der Waals surface area (Å²) in [5.74, 6) is 5.61. The van der Waals surface area contributed by atoms with Gasteiger partial charge in [0.05, 0.1) is 6.04 Å². The van der Waals surface area contributed by atoms with Crippen molar-refractivity contribution in [3.8, 4) is 0 Å². The summed E-state index contributed by atoms with van der Waals surface area (Å²) in [6.45, 7) is 0. The number of nitrogens with two attached hydrogens (primary N) is 2. The van der Waals surface area contributed by atoms with E-state index in [0.29, 0.717) is 22.8 Å². The van der Waals surface area contributed by atoms with Crippen LogP contribution in [0.25, 0.3) is 0 Å². The Balaban J connectivity index is 2.28. The zero-order chi connectivity index (χ0) is 13.8. The van der Waals surface area contributed by atoms with E-state index in [1.165, 1.54) is 12.1 Å². The molecule has 1 unspecified atom stereocenters. The van der Waals surface area contributed by atoms with Crippen LogP contribution in [0.2, 0.25) is 5.02 Å². The molecule has 4 nitrogen and oxygen atoms in total. The van der Waals surface area contributed by atoms with E-state index in [9.17, 15) is 4.39 Å². The number of nitrogens with zero attached hydrogens (tertiary/aromatic N) is 1. The van der Waals surface area contributed by atoms with E-state index in [0.717, 1.165) is 5.56 Å². The molecule has 6 heteroatoms. The van der Waals surface area contributed by atoms with Crippen LogP contribution in [0.3, 0.4) is 0 Å². The maximum absolute atomic E-state index is 13.0. The largest absolute Gasteiger partial charge is 0.383 e. The minimum absolute atomic E-state index is 0.264. The van der Waals surface area contributed by atoms with E-state index >= 15 is 0 Å². The third-order valence-electron chi connectivity index (χ3n) is 2.89. The van der Waals surface area contributed by atoms with Crippen LogP contribution < -0.4 is 17.0 Å². The smallest absolute Gasteiger partial charge is 0.126 e. The maximum atomic E-state index is 13.0. The molecule has 0 saturated heterocycles. The highest BCUT2D eigenvalue weighted by Crippen LogP contribution is 2.27. The predicted octanol–water partition coefficient (Wildman–Crippen LogP) is 2.20. The van der Waals surface area contributed by atoms with Gasteiger partial charge < -0.3 is 5.73 Å². The fourth-order valence-electron chi connectivity index (χ4n) is 1.89. The zero-order valence-electron chi connectivity index (χ0n) is 10.1. The lowest BCUT2D eigenvalue weighted by molar-refractivity contribution is 0.549. The Morgan fingerprint density at radius 3 is 2.79 bits per heavy atom. The fraction of sp³-hybridized carbons (Fsp3) is 0.154. The summed E-state index contributed by atoms with van der Waals surface area (Å²) < 4.78 is 13.0. The highest BCUT2D eigenvalue weighted by molar-refractivity contribution is 6.31. The van der Waals surface area contributed by atoms with Crippen LogP contribution in [0.15, 0.2) is 36.5 Å². The van der Waals surface area contributed by atoms with Crippen LogP contribution in [0.5, 0.6) is 0 Å². The van der Waals surface area contributed by atoms with Crippen molar-refractivity contribution in [1.82, 2.24) is 10.4 Å². The van der Waals surface area contributed by atoms with E-state index in [-0.39, 0.29) is 11.9 Å². The van der Waals surface area contributed by atoms with Crippen LogP contribution >= 0.6 is 11.6 Å². The second-order valence-electron chi connectivity index (χ2n) is 4.14. The number of nitrogens with one attached hydrogen (secondary N) is 1. The van der Waals surface area contributed by atoms with Crippen molar-refractivity contribution >= 4 is 17.4 Å². The molecule has 1 aromatic carbocycles. The first-order valence-corrected chi connectivity index (χ1v) is 6.10. The highest BCUT2D eigenvalue weighted by atomic mass is 35.5. The van der Waals surface area contributed by atoms with Gasteiger partial charge in [0, 0.05) is 11.2 Å². The van der Waals surface area contributed by atoms with Crippen LogP contribution in [-0.2, 0) is 6.42 Å². The first kappa shape index (κ1) is 13.7. The molecule has 0 spiro atoms. The molecule has 1 heterocycles. The van der Waals surface area contributed by atoms with Gasteiger partial charge >= 0.3 is 0 Å². The van der Waals surface area contributed by atoms with Gasteiger partial charge in [0.15, 0.2) is 0 Å². The van der Waals surface area contributed by atoms with Crippen LogP contribution in [-0.4, -0.2) is 4.98 Å². The van der Waals surface area contributed by atoms with Crippen molar-refractivity contribution in [3.05, 3.63) is 58.5 Å². The maximum Gasteiger partial charge on any atom is 0.126 e. The third kappa shape index (κ3) is 3.20. The number of hydrogen-bond donors (Lipinski definition) is 3. The minimum Gasteiger partial charge on any atom is -0.383 e. The monoisotopic (exact) mass is 280 g/mol. The summed E-state index contributed by atoms with van der Waals surface area (Å²) >= 11 is 6.03. The summed E-state index contributed by atoms with van der Waals surface area (Å²) in [6.07, 6.45) is 2.14. The number of nitrogen functional groups attached to an aromatic ring is 1. The van der Waals surface area contributed by atoms with Crippen LogP contribution in [0, 0.1) is 5.82 Å². The molecule has 0 aliphatic rings. The van der Waals surface area contributed by atoms with Gasteiger partial charge in [-0.15, -0.1) is 0 Å². The number of hydrazine groups is 1. The number of hydrogen-bond acceptors (Lipinski definition) is 4. The molecule has 5 N–H and O–H groups in total. The number of halogens is 2. The lowest BCUT2D eigenvalue weighted by atomic mass is 9.99. The molecule has 0 amide bonds. The molecule has 100 valence electrons. The Morgan fingerprint density at radius 1 is 1.37 bits per heavy atom. The molecule has 0 aliphatic carbocycles. The molecule has 0 fully saturated rings. The zero-order valence-corrected chi connectivity index (χ0v) is 10.9. The van der Waals surface area contributed by atoms with E-state index in [2.05, 4.69) is 10.4 Å². The van der Waals surface area contributed by atoms with Gasteiger partial charge in [0.1, 0.15) is 11.6 Å². The molecule has 0 radical (unpaired) electrons. The number of anilines is 1. The average Bonchev–Trinajstić information content (AvgIpc) is 2.39. The SMILES string of the molecule is NNC(Cc1cccnc1N)c1ccc(F)cc1Cl. The molecule has 2 aromatic rings. The summed E-state index contributed by atoms with van der Waals surface area (Å²) in [5.41, 5.74) is 10.0. The van der Waals surface area contributed by atoms with Crippen molar-refractivity contribution in [3.63, 3.8) is 0 Å². The van der Waals surface area contributed by atoms with Crippen molar-refractivity contribution < 1.29 is 4.39 Å². The minimum atomic E-state index is -0.384. The van der Waals surface area contributed by atoms with Crippen molar-refractivity contribution in [2.24, 2.45) is 5.84 Å². The normalized spacial score (nSPS) is 12.4. The Morgan fingerprint density at radius 2 is 2.16 bits per heavy atom. The molecule has 19 heavy (non-hydrogen) atoms. The van der Waals surface area contributed by atoms with Gasteiger partial charge in [-0.05, 0) is 35.7 Å². The molecular formula is C13H14ClFN4. The van der Waals surface area contributed by atoms with Crippen molar-refractivity contribution in [1.29, 1.82) is 0 Å². The van der Waals surface area contributed by atoms with E-state index < -0.39 is 0 Å². The number of pyridine rings is 1. The van der Waals surface area contributed by atoms with Gasteiger partial charge in [-0.1, -0.05) is 23.7 Å². The topological polar surface area (TPSA) is 77.0 Å². The van der Waals surface area contributed by atoms with Gasteiger partial charge in [0.25, 0.3) is 0 Å². The first-order valence-electron chi connectivity index (χ1n) is 5.72. The predicted molar refractivity (Wildman–Crippen MR) is 73.8 cm³/mol. The standard InChI is InChI=1S/C13H14ClFN4/c14-11-7-9(15)3-4-10(11)12(19-17)6-8-2-1-5-18-13(8)16/h1-5,7,12,19H,6,17H2,(H2,16,18). The summed E-state index contributed by atoms with van der Waals surface area (Å²) in [5, 5.41) is 0.324. The highest BCUT2D eigenvalue weighted by Gasteiger charge is 2.16. The third-order valence-corrected chi connectivity index (χ3v) is 3.22. The Hall–Kier alpha value is -1.69. The molecule has 1 aromatic heterocycles. The van der Waals surface area contributed by atoms with Crippen molar-refractivity contribution in [2.75, 3.05) is 5.73 Å². The van der Waals surface area contributed by atoms with E-state index in [4.69, 9.17) is 23.2 Å². The molecular weight excluding hydrogens is 267 g/mol. The average molecular weight is 281 g/mol. The number of aromatic nitrogens is 1. The lowest BCUT2D eigenvalue weighted by Crippen LogP contribution is -2.30. The fourth-order valence-corrected chi connectivity index (χ4v) is 2.19. The van der Waals surface area contributed by atoms with Gasteiger partial charge in [-0.25, -0.2) is 9.37 Å². The summed E-state index contributed by atoms with van der Waals surface area (Å²) in [7, 11) is 0. The van der Waals surface area contributed by atoms with E-state index in [1.54, 1.807) is 18.3 Å². The van der Waals surface area contributed by atoms with Gasteiger partial charge in [-0.2, -0.15) is 0 Å². The summed E-state index contributed by atoms with van der Waals surface area (Å²) in [4.78, 5) is 4.01. The van der Waals surface area contributed by atoms with Gasteiger partial charge in [-0.3, -0.25) is 11.3 Å². The second kappa shape index (κ2) is 5.97. The lowest BCUT2D eigenvalue weighted by Gasteiger charge is -2.18. The molecule has 0 bridgehead atoms. The van der Waals surface area contributed by atoms with Crippen molar-refractivity contribution in [2.45, 2.75) is 12.5 Å². The number of benzene rings is 1.